The van der Waals surface area contributed by atoms with Gasteiger partial charge in [-0.3, -0.25) is 9.78 Å². The van der Waals surface area contributed by atoms with Gasteiger partial charge in [0.2, 0.25) is 5.91 Å². The molecule has 0 radical (unpaired) electrons. The second-order valence-electron chi connectivity index (χ2n) is 6.98. The molecule has 0 spiro atoms. The highest BCUT2D eigenvalue weighted by Crippen LogP contribution is 2.25. The Morgan fingerprint density at radius 1 is 1.39 bits per heavy atom. The van der Waals surface area contributed by atoms with Gasteiger partial charge in [-0.25, -0.2) is 0 Å². The molecule has 3 rings (SSSR count). The minimum absolute atomic E-state index is 0.229. The zero-order valence-corrected chi connectivity index (χ0v) is 14.0. The zero-order valence-electron chi connectivity index (χ0n) is 14.0. The van der Waals surface area contributed by atoms with Gasteiger partial charge in [0.15, 0.2) is 0 Å². The molecule has 0 unspecified atom stereocenters. The molecule has 124 valence electrons. The predicted octanol–water partition coefficient (Wildman–Crippen LogP) is 2.72. The maximum Gasteiger partial charge on any atom is 0.226 e. The molecule has 0 bridgehead atoms. The van der Waals surface area contributed by atoms with Gasteiger partial charge in [0.1, 0.15) is 0 Å². The lowest BCUT2D eigenvalue weighted by molar-refractivity contribution is -0.134. The average molecular weight is 313 g/mol. The number of carbonyl (C=O) groups excluding carboxylic acids is 1. The molecule has 0 saturated carbocycles. The van der Waals surface area contributed by atoms with E-state index in [2.05, 4.69) is 40.0 Å². The molecule has 1 aromatic heterocycles. The van der Waals surface area contributed by atoms with Gasteiger partial charge in [0, 0.05) is 44.5 Å². The number of hydrogen-bond donors (Lipinski definition) is 0. The maximum atomic E-state index is 12.6. The van der Waals surface area contributed by atoms with Crippen molar-refractivity contribution in [3.63, 3.8) is 0 Å². The fourth-order valence-electron chi connectivity index (χ4n) is 3.77. The van der Waals surface area contributed by atoms with Crippen molar-refractivity contribution in [2.75, 3.05) is 26.7 Å². The largest absolute Gasteiger partial charge is 0.342 e. The van der Waals surface area contributed by atoms with Crippen LogP contribution in [-0.2, 0) is 11.3 Å². The Bertz CT molecular complexity index is 543. The highest BCUT2D eigenvalue weighted by molar-refractivity contribution is 5.79. The summed E-state index contributed by atoms with van der Waals surface area (Å²) in [5.74, 6) is 1.21. The summed E-state index contributed by atoms with van der Waals surface area (Å²) in [4.78, 5) is 21.2. The fraction of sp³-hybridized carbons (Fsp3) is 0.579. The summed E-state index contributed by atoms with van der Waals surface area (Å²) < 4.78 is 0. The van der Waals surface area contributed by atoms with Gasteiger partial charge in [0.25, 0.3) is 0 Å². The summed E-state index contributed by atoms with van der Waals surface area (Å²) in [5.41, 5.74) is 1.25. The molecule has 2 aliphatic rings. The van der Waals surface area contributed by atoms with Crippen LogP contribution < -0.4 is 0 Å². The van der Waals surface area contributed by atoms with Crippen LogP contribution in [0.15, 0.2) is 36.7 Å². The molecular formula is C19H27N3O. The van der Waals surface area contributed by atoms with Gasteiger partial charge in [0.05, 0.1) is 0 Å². The summed E-state index contributed by atoms with van der Waals surface area (Å²) >= 11 is 0. The molecule has 1 aliphatic heterocycles. The molecule has 4 heteroatoms. The SMILES string of the molecule is CN(Cc1cccnc1)C[C@@H]1CCN(C(=O)[C@@H]2CC=CCC2)C1. The highest BCUT2D eigenvalue weighted by atomic mass is 16.2. The second-order valence-corrected chi connectivity index (χ2v) is 6.98. The van der Waals surface area contributed by atoms with Gasteiger partial charge in [-0.2, -0.15) is 0 Å². The second kappa shape index (κ2) is 7.73. The van der Waals surface area contributed by atoms with E-state index in [0.717, 1.165) is 51.9 Å². The molecule has 0 aromatic carbocycles. The number of hydrogen-bond acceptors (Lipinski definition) is 3. The van der Waals surface area contributed by atoms with Crippen molar-refractivity contribution in [1.29, 1.82) is 0 Å². The Kier molecular flexibility index (Phi) is 5.44. The van der Waals surface area contributed by atoms with Crippen molar-refractivity contribution >= 4 is 5.91 Å². The summed E-state index contributed by atoms with van der Waals surface area (Å²) in [7, 11) is 2.16. The first-order chi connectivity index (χ1) is 11.2. The Morgan fingerprint density at radius 2 is 2.30 bits per heavy atom. The molecule has 1 saturated heterocycles. The van der Waals surface area contributed by atoms with Crippen LogP contribution in [0.2, 0.25) is 0 Å². The third-order valence-corrected chi connectivity index (χ3v) is 4.96. The van der Waals surface area contributed by atoms with Crippen molar-refractivity contribution in [3.8, 4) is 0 Å². The van der Waals surface area contributed by atoms with E-state index < -0.39 is 0 Å². The Labute approximate surface area is 139 Å². The third-order valence-electron chi connectivity index (χ3n) is 4.96. The van der Waals surface area contributed by atoms with E-state index in [0.29, 0.717) is 11.8 Å². The summed E-state index contributed by atoms with van der Waals surface area (Å²) in [6.07, 6.45) is 12.2. The lowest BCUT2D eigenvalue weighted by atomic mass is 9.93. The van der Waals surface area contributed by atoms with Gasteiger partial charge in [-0.1, -0.05) is 18.2 Å². The number of carbonyl (C=O) groups is 1. The van der Waals surface area contributed by atoms with Crippen molar-refractivity contribution in [2.24, 2.45) is 11.8 Å². The van der Waals surface area contributed by atoms with E-state index in [1.54, 1.807) is 0 Å². The lowest BCUT2D eigenvalue weighted by Gasteiger charge is -2.25. The van der Waals surface area contributed by atoms with Crippen molar-refractivity contribution in [2.45, 2.75) is 32.2 Å². The van der Waals surface area contributed by atoms with E-state index in [1.807, 2.05) is 18.5 Å². The van der Waals surface area contributed by atoms with Crippen molar-refractivity contribution < 1.29 is 4.79 Å². The first-order valence-corrected chi connectivity index (χ1v) is 8.73. The topological polar surface area (TPSA) is 36.4 Å². The molecule has 2 heterocycles. The number of rotatable bonds is 5. The number of pyridine rings is 1. The van der Waals surface area contributed by atoms with E-state index in [1.165, 1.54) is 5.56 Å². The zero-order chi connectivity index (χ0) is 16.1. The van der Waals surface area contributed by atoms with Crippen molar-refractivity contribution in [3.05, 3.63) is 42.2 Å². The molecule has 1 aromatic rings. The monoisotopic (exact) mass is 313 g/mol. The number of likely N-dealkylation sites (tertiary alicyclic amines) is 1. The standard InChI is InChI=1S/C19H27N3O/c1-21(13-16-6-5-10-20-12-16)14-17-9-11-22(15-17)19(23)18-7-3-2-4-8-18/h2-3,5-6,10,12,17-18H,4,7-9,11,13-15H2,1H3/t17-,18+/m0/s1. The number of aromatic nitrogens is 1. The average Bonchev–Trinajstić information content (AvgIpc) is 3.04. The van der Waals surface area contributed by atoms with Gasteiger partial charge in [-0.15, -0.1) is 0 Å². The summed E-state index contributed by atoms with van der Waals surface area (Å²) in [5, 5.41) is 0. The molecule has 23 heavy (non-hydrogen) atoms. The Morgan fingerprint density at radius 3 is 3.04 bits per heavy atom. The molecule has 1 fully saturated rings. The van der Waals surface area contributed by atoms with Crippen molar-refractivity contribution in [1.82, 2.24) is 14.8 Å². The number of amides is 1. The molecule has 2 atom stereocenters. The van der Waals surface area contributed by atoms with Gasteiger partial charge >= 0.3 is 0 Å². The van der Waals surface area contributed by atoms with Crippen LogP contribution >= 0.6 is 0 Å². The predicted molar refractivity (Wildman–Crippen MR) is 91.7 cm³/mol. The minimum atomic E-state index is 0.229. The van der Waals surface area contributed by atoms with Crippen LogP contribution in [-0.4, -0.2) is 47.4 Å². The molecular weight excluding hydrogens is 286 g/mol. The molecule has 4 nitrogen and oxygen atoms in total. The van der Waals surface area contributed by atoms with Crippen LogP contribution in [0, 0.1) is 11.8 Å². The van der Waals surface area contributed by atoms with Crippen LogP contribution in [0.5, 0.6) is 0 Å². The van der Waals surface area contributed by atoms with Crippen LogP contribution in [0.3, 0.4) is 0 Å². The summed E-state index contributed by atoms with van der Waals surface area (Å²) in [6, 6.07) is 4.10. The van der Waals surface area contributed by atoms with E-state index in [-0.39, 0.29) is 5.92 Å². The van der Waals surface area contributed by atoms with E-state index in [4.69, 9.17) is 0 Å². The quantitative estimate of drug-likeness (QED) is 0.784. The number of allylic oxidation sites excluding steroid dienone is 2. The van der Waals surface area contributed by atoms with Gasteiger partial charge < -0.3 is 9.80 Å². The lowest BCUT2D eigenvalue weighted by Crippen LogP contribution is -2.36. The molecule has 0 N–H and O–H groups in total. The number of nitrogens with zero attached hydrogens (tertiary/aromatic N) is 3. The third kappa shape index (κ3) is 4.41. The maximum absolute atomic E-state index is 12.6. The van der Waals surface area contributed by atoms with Crippen LogP contribution in [0.1, 0.15) is 31.2 Å². The van der Waals surface area contributed by atoms with E-state index >= 15 is 0 Å². The first-order valence-electron chi connectivity index (χ1n) is 8.73. The van der Waals surface area contributed by atoms with Gasteiger partial charge in [-0.05, 0) is 50.3 Å². The smallest absolute Gasteiger partial charge is 0.226 e. The van der Waals surface area contributed by atoms with Crippen LogP contribution in [0.4, 0.5) is 0 Å². The molecule has 1 aliphatic carbocycles. The minimum Gasteiger partial charge on any atom is -0.342 e. The highest BCUT2D eigenvalue weighted by Gasteiger charge is 2.31. The first kappa shape index (κ1) is 16.2. The summed E-state index contributed by atoms with van der Waals surface area (Å²) in [6.45, 7) is 3.83. The Hall–Kier alpha value is -1.68. The fourth-order valence-corrected chi connectivity index (χ4v) is 3.77. The van der Waals surface area contributed by atoms with E-state index in [9.17, 15) is 4.79 Å². The molecule has 1 amide bonds. The van der Waals surface area contributed by atoms with Crippen LogP contribution in [0.25, 0.3) is 0 Å². The normalized spacial score (nSPS) is 24.3. The Balaban J connectivity index is 1.46.